The average molecular weight is 489 g/mol. The fourth-order valence-electron chi connectivity index (χ4n) is 3.05. The maximum Gasteiger partial charge on any atom is 0.267 e. The van der Waals surface area contributed by atoms with Crippen molar-refractivity contribution in [2.24, 2.45) is 0 Å². The first-order valence-electron chi connectivity index (χ1n) is 9.57. The summed E-state index contributed by atoms with van der Waals surface area (Å²) in [6.45, 7) is 5.12. The first kappa shape index (κ1) is 22.3. The molecule has 11 heteroatoms. The lowest BCUT2D eigenvalue weighted by atomic mass is 10.2. The van der Waals surface area contributed by atoms with E-state index in [0.29, 0.717) is 11.4 Å². The molecular formula is C21H20N4O4S3. The fourth-order valence-corrected chi connectivity index (χ4v) is 6.34. The summed E-state index contributed by atoms with van der Waals surface area (Å²) in [5.41, 5.74) is 3.32. The molecule has 2 aromatic heterocycles. The van der Waals surface area contributed by atoms with Crippen molar-refractivity contribution in [3.05, 3.63) is 59.5 Å². The number of carbonyl (C=O) groups is 1. The molecule has 0 aliphatic rings. The summed E-state index contributed by atoms with van der Waals surface area (Å²) < 4.78 is 34.5. The van der Waals surface area contributed by atoms with Crippen LogP contribution in [0.5, 0.6) is 0 Å². The van der Waals surface area contributed by atoms with E-state index in [9.17, 15) is 13.2 Å². The second kappa shape index (κ2) is 8.93. The van der Waals surface area contributed by atoms with Gasteiger partial charge in [-0.15, -0.1) is 11.3 Å². The van der Waals surface area contributed by atoms with Gasteiger partial charge in [-0.05, 0) is 51.1 Å². The van der Waals surface area contributed by atoms with Crippen LogP contribution in [0.4, 0.5) is 11.4 Å². The lowest BCUT2D eigenvalue weighted by Gasteiger charge is -2.07. The maximum absolute atomic E-state index is 12.7. The summed E-state index contributed by atoms with van der Waals surface area (Å²) in [6, 6.07) is 12.7. The highest BCUT2D eigenvalue weighted by Gasteiger charge is 2.24. The highest BCUT2D eigenvalue weighted by Crippen LogP contribution is 2.32. The monoisotopic (exact) mass is 488 g/mol. The van der Waals surface area contributed by atoms with Gasteiger partial charge in [0, 0.05) is 5.69 Å². The molecule has 0 spiro atoms. The van der Waals surface area contributed by atoms with Crippen LogP contribution in [-0.2, 0) is 14.8 Å². The van der Waals surface area contributed by atoms with Crippen LogP contribution in [0.3, 0.4) is 0 Å². The van der Waals surface area contributed by atoms with Crippen molar-refractivity contribution in [2.45, 2.75) is 30.0 Å². The summed E-state index contributed by atoms with van der Waals surface area (Å²) in [4.78, 5) is 16.8. The molecule has 4 aromatic rings. The Morgan fingerprint density at radius 3 is 2.50 bits per heavy atom. The highest BCUT2D eigenvalue weighted by molar-refractivity contribution is 8.01. The second-order valence-electron chi connectivity index (χ2n) is 7.12. The van der Waals surface area contributed by atoms with E-state index >= 15 is 0 Å². The molecule has 32 heavy (non-hydrogen) atoms. The van der Waals surface area contributed by atoms with Crippen LogP contribution in [0.2, 0.25) is 0 Å². The van der Waals surface area contributed by atoms with E-state index < -0.39 is 10.0 Å². The SMILES string of the molecule is Cc1ccc(NC(=O)CSc2nc3ccc(NS(=O)(=O)c4c(C)noc4C)cc3s2)cc1. The van der Waals surface area contributed by atoms with Gasteiger partial charge in [-0.2, -0.15) is 0 Å². The number of anilines is 2. The third-order valence-corrected chi connectivity index (χ3v) is 8.31. The second-order valence-corrected chi connectivity index (χ2v) is 11.0. The number of fused-ring (bicyclic) bond motifs is 1. The van der Waals surface area contributed by atoms with E-state index in [1.165, 1.54) is 23.1 Å². The molecule has 0 saturated carbocycles. The lowest BCUT2D eigenvalue weighted by Crippen LogP contribution is -2.14. The fraction of sp³-hybridized carbons (Fsp3) is 0.190. The van der Waals surface area contributed by atoms with Crippen LogP contribution < -0.4 is 10.0 Å². The Morgan fingerprint density at radius 2 is 1.81 bits per heavy atom. The largest absolute Gasteiger partial charge is 0.360 e. The number of amides is 1. The molecular weight excluding hydrogens is 468 g/mol. The average Bonchev–Trinajstić information content (AvgIpc) is 3.30. The molecule has 4 rings (SSSR count). The Balaban J connectivity index is 1.44. The number of rotatable bonds is 7. The zero-order chi connectivity index (χ0) is 22.9. The highest BCUT2D eigenvalue weighted by atomic mass is 32.2. The molecule has 0 fully saturated rings. The first-order valence-corrected chi connectivity index (χ1v) is 12.9. The molecule has 0 bridgehead atoms. The normalized spacial score (nSPS) is 11.6. The molecule has 166 valence electrons. The van der Waals surface area contributed by atoms with E-state index in [-0.39, 0.29) is 22.3 Å². The van der Waals surface area contributed by atoms with Crippen LogP contribution in [0.25, 0.3) is 10.2 Å². The number of benzene rings is 2. The van der Waals surface area contributed by atoms with Crippen LogP contribution in [0.15, 0.2) is 56.2 Å². The van der Waals surface area contributed by atoms with Gasteiger partial charge in [-0.25, -0.2) is 13.4 Å². The number of hydrogen-bond donors (Lipinski definition) is 2. The van der Waals surface area contributed by atoms with Crippen molar-refractivity contribution in [3.63, 3.8) is 0 Å². The zero-order valence-electron chi connectivity index (χ0n) is 17.5. The van der Waals surface area contributed by atoms with E-state index in [1.54, 1.807) is 32.0 Å². The number of sulfonamides is 1. The van der Waals surface area contributed by atoms with Gasteiger partial charge < -0.3 is 9.84 Å². The minimum absolute atomic E-state index is 0.0396. The van der Waals surface area contributed by atoms with E-state index in [2.05, 4.69) is 20.2 Å². The molecule has 8 nitrogen and oxygen atoms in total. The number of thioether (sulfide) groups is 1. The number of nitrogens with zero attached hydrogens (tertiary/aromatic N) is 2. The van der Waals surface area contributed by atoms with Crippen molar-refractivity contribution in [2.75, 3.05) is 15.8 Å². The molecule has 0 unspecified atom stereocenters. The third-order valence-electron chi connectivity index (χ3n) is 4.52. The van der Waals surface area contributed by atoms with E-state index in [4.69, 9.17) is 4.52 Å². The van der Waals surface area contributed by atoms with Crippen LogP contribution in [0.1, 0.15) is 17.0 Å². The molecule has 0 saturated heterocycles. The molecule has 0 aliphatic heterocycles. The first-order chi connectivity index (χ1) is 15.2. The summed E-state index contributed by atoms with van der Waals surface area (Å²) >= 11 is 2.73. The molecule has 0 atom stereocenters. The number of aryl methyl sites for hydroxylation is 3. The van der Waals surface area contributed by atoms with Crippen LogP contribution in [-0.4, -0.2) is 30.2 Å². The van der Waals surface area contributed by atoms with Gasteiger partial charge in [0.2, 0.25) is 5.91 Å². The summed E-state index contributed by atoms with van der Waals surface area (Å²) in [7, 11) is -3.83. The van der Waals surface area contributed by atoms with Crippen LogP contribution in [0, 0.1) is 20.8 Å². The van der Waals surface area contributed by atoms with Gasteiger partial charge >= 0.3 is 0 Å². The minimum atomic E-state index is -3.83. The summed E-state index contributed by atoms with van der Waals surface area (Å²) in [5, 5.41) is 6.56. The van der Waals surface area contributed by atoms with Crippen molar-refractivity contribution in [3.8, 4) is 0 Å². The third kappa shape index (κ3) is 4.95. The Morgan fingerprint density at radius 1 is 1.09 bits per heavy atom. The number of carbonyl (C=O) groups excluding carboxylic acids is 1. The van der Waals surface area contributed by atoms with Crippen molar-refractivity contribution in [1.29, 1.82) is 0 Å². The van der Waals surface area contributed by atoms with Gasteiger partial charge in [0.25, 0.3) is 10.0 Å². The smallest absolute Gasteiger partial charge is 0.267 e. The zero-order valence-corrected chi connectivity index (χ0v) is 20.0. The predicted molar refractivity (Wildman–Crippen MR) is 127 cm³/mol. The van der Waals surface area contributed by atoms with Gasteiger partial charge in [0.1, 0.15) is 5.69 Å². The molecule has 1 amide bonds. The molecule has 0 aliphatic carbocycles. The molecule has 2 aromatic carbocycles. The van der Waals surface area contributed by atoms with Crippen molar-refractivity contribution >= 4 is 60.6 Å². The van der Waals surface area contributed by atoms with Gasteiger partial charge in [-0.1, -0.05) is 34.6 Å². The topological polar surface area (TPSA) is 114 Å². The number of thiazole rings is 1. The van der Waals surface area contributed by atoms with Gasteiger partial charge in [0.05, 0.1) is 21.7 Å². The van der Waals surface area contributed by atoms with Gasteiger partial charge in [-0.3, -0.25) is 9.52 Å². The molecule has 2 N–H and O–H groups in total. The summed E-state index contributed by atoms with van der Waals surface area (Å²) in [5.74, 6) is 0.335. The minimum Gasteiger partial charge on any atom is -0.360 e. The van der Waals surface area contributed by atoms with Gasteiger partial charge in [0.15, 0.2) is 15.0 Å². The standard InChI is InChI=1S/C21H20N4O4S3/c1-12-4-6-15(7-5-12)22-19(26)11-30-21-23-17-9-8-16(10-18(17)31-21)25-32(27,28)20-13(2)24-29-14(20)3/h4-10,25H,11H2,1-3H3,(H,22,26). The number of hydrogen-bond acceptors (Lipinski definition) is 8. The Bertz CT molecular complexity index is 1370. The van der Waals surface area contributed by atoms with Crippen molar-refractivity contribution < 1.29 is 17.7 Å². The Labute approximate surface area is 193 Å². The maximum atomic E-state index is 12.7. The molecule has 0 radical (unpaired) electrons. The van der Waals surface area contributed by atoms with E-state index in [0.717, 1.165) is 25.8 Å². The van der Waals surface area contributed by atoms with Crippen LogP contribution >= 0.6 is 23.1 Å². The lowest BCUT2D eigenvalue weighted by molar-refractivity contribution is -0.113. The Hall–Kier alpha value is -2.89. The quantitative estimate of drug-likeness (QED) is 0.361. The number of aromatic nitrogens is 2. The number of nitrogens with one attached hydrogen (secondary N) is 2. The van der Waals surface area contributed by atoms with E-state index in [1.807, 2.05) is 31.2 Å². The Kier molecular flexibility index (Phi) is 6.22. The van der Waals surface area contributed by atoms with Crippen molar-refractivity contribution in [1.82, 2.24) is 10.1 Å². The molecule has 2 heterocycles. The summed E-state index contributed by atoms with van der Waals surface area (Å²) in [6.07, 6.45) is 0. The predicted octanol–water partition coefficient (Wildman–Crippen LogP) is 4.74.